The molecule has 0 unspecified atom stereocenters. The number of nitrogens with zero attached hydrogens (tertiary/aromatic N) is 1. The van der Waals surface area contributed by atoms with Gasteiger partial charge in [0.05, 0.1) is 10.3 Å². The normalized spacial score (nSPS) is 12.1. The third-order valence-corrected chi connectivity index (χ3v) is 5.55. The van der Waals surface area contributed by atoms with Gasteiger partial charge in [0.1, 0.15) is 4.21 Å². The summed E-state index contributed by atoms with van der Waals surface area (Å²) >= 11 is 0.599. The van der Waals surface area contributed by atoms with Crippen LogP contribution in [0.1, 0.15) is 13.8 Å². The second kappa shape index (κ2) is 5.95. The molecule has 0 bridgehead atoms. The molecule has 1 heterocycles. The highest BCUT2D eigenvalue weighted by Gasteiger charge is 2.30. The van der Waals surface area contributed by atoms with E-state index in [1.54, 1.807) is 13.8 Å². The molecule has 4 N–H and O–H groups in total. The van der Waals surface area contributed by atoms with E-state index in [-0.39, 0.29) is 21.7 Å². The van der Waals surface area contributed by atoms with Gasteiger partial charge in [0.2, 0.25) is 15.9 Å². The summed E-state index contributed by atoms with van der Waals surface area (Å²) in [7, 11) is -2.52. The van der Waals surface area contributed by atoms with E-state index in [0.717, 1.165) is 6.07 Å². The molecule has 0 saturated heterocycles. The van der Waals surface area contributed by atoms with Crippen molar-refractivity contribution >= 4 is 38.0 Å². The molecular weight excluding hydrogens is 320 g/mol. The smallest absolute Gasteiger partial charge is 0.304 e. The maximum absolute atomic E-state index is 12.1. The molecule has 0 aliphatic carbocycles. The standard InChI is InChI=1S/C10H16N4O5S2/c1-10(2,9(15)12-3)5-13-21(18,19)7-4-6(14(16)17)8(11)20-7/h4,13H,5,11H2,1-3H3,(H,12,15). The maximum atomic E-state index is 12.1. The Bertz CT molecular complexity index is 665. The van der Waals surface area contributed by atoms with Crippen LogP contribution in [0.2, 0.25) is 0 Å². The Morgan fingerprint density at radius 2 is 2.10 bits per heavy atom. The number of nitrogens with two attached hydrogens (primary N) is 1. The van der Waals surface area contributed by atoms with Gasteiger partial charge in [0, 0.05) is 19.7 Å². The zero-order valence-electron chi connectivity index (χ0n) is 11.7. The van der Waals surface area contributed by atoms with Gasteiger partial charge in [-0.15, -0.1) is 0 Å². The lowest BCUT2D eigenvalue weighted by Gasteiger charge is -2.22. The maximum Gasteiger partial charge on any atom is 0.304 e. The lowest BCUT2D eigenvalue weighted by molar-refractivity contribution is -0.383. The van der Waals surface area contributed by atoms with E-state index >= 15 is 0 Å². The van der Waals surface area contributed by atoms with Crippen molar-refractivity contribution in [2.45, 2.75) is 18.1 Å². The number of hydrogen-bond donors (Lipinski definition) is 3. The summed E-state index contributed by atoms with van der Waals surface area (Å²) in [4.78, 5) is 21.5. The highest BCUT2D eigenvalue weighted by atomic mass is 32.2. The van der Waals surface area contributed by atoms with Crippen LogP contribution in [0.5, 0.6) is 0 Å². The van der Waals surface area contributed by atoms with Gasteiger partial charge in [-0.1, -0.05) is 11.3 Å². The molecule has 9 nitrogen and oxygen atoms in total. The van der Waals surface area contributed by atoms with Crippen LogP contribution in [-0.4, -0.2) is 32.8 Å². The zero-order valence-corrected chi connectivity index (χ0v) is 13.3. The monoisotopic (exact) mass is 336 g/mol. The number of sulfonamides is 1. The van der Waals surface area contributed by atoms with Crippen molar-refractivity contribution < 1.29 is 18.1 Å². The Hall–Kier alpha value is -1.72. The van der Waals surface area contributed by atoms with E-state index < -0.39 is 26.0 Å². The van der Waals surface area contributed by atoms with E-state index in [2.05, 4.69) is 10.0 Å². The number of nitro groups is 1. The summed E-state index contributed by atoms with van der Waals surface area (Å²) in [5.41, 5.74) is 4.00. The lowest BCUT2D eigenvalue weighted by atomic mass is 9.93. The third kappa shape index (κ3) is 3.89. The number of nitrogen functional groups attached to an aromatic ring is 1. The van der Waals surface area contributed by atoms with Crippen molar-refractivity contribution in [2.75, 3.05) is 19.3 Å². The number of amides is 1. The van der Waals surface area contributed by atoms with E-state index in [4.69, 9.17) is 5.73 Å². The predicted molar refractivity (Wildman–Crippen MR) is 78.4 cm³/mol. The molecule has 0 radical (unpaired) electrons. The fourth-order valence-corrected chi connectivity index (χ4v) is 3.88. The van der Waals surface area contributed by atoms with Crippen molar-refractivity contribution in [3.63, 3.8) is 0 Å². The first kappa shape index (κ1) is 17.3. The van der Waals surface area contributed by atoms with Gasteiger partial charge in [0.15, 0.2) is 5.00 Å². The minimum absolute atomic E-state index is 0.152. The van der Waals surface area contributed by atoms with Gasteiger partial charge in [0.25, 0.3) is 0 Å². The van der Waals surface area contributed by atoms with Crippen LogP contribution in [0.25, 0.3) is 0 Å². The Kier molecular flexibility index (Phi) is 4.91. The van der Waals surface area contributed by atoms with Gasteiger partial charge < -0.3 is 11.1 Å². The SMILES string of the molecule is CNC(=O)C(C)(C)CNS(=O)(=O)c1cc([N+](=O)[O-])c(N)s1. The molecular formula is C10H16N4O5S2. The van der Waals surface area contributed by atoms with Crippen LogP contribution in [0, 0.1) is 15.5 Å². The molecule has 11 heteroatoms. The molecule has 0 aromatic carbocycles. The molecule has 1 aromatic heterocycles. The zero-order chi connectivity index (χ0) is 16.4. The number of anilines is 1. The Labute approximate surface area is 125 Å². The van der Waals surface area contributed by atoms with Crippen molar-refractivity contribution in [1.29, 1.82) is 0 Å². The summed E-state index contributed by atoms with van der Waals surface area (Å²) in [5, 5.41) is 12.9. The third-order valence-electron chi connectivity index (χ3n) is 2.72. The number of nitrogens with one attached hydrogen (secondary N) is 2. The predicted octanol–water partition coefficient (Wildman–Crippen LogP) is 0.289. The molecule has 0 fully saturated rings. The summed E-state index contributed by atoms with van der Waals surface area (Å²) in [6, 6.07) is 0.898. The van der Waals surface area contributed by atoms with Crippen LogP contribution in [-0.2, 0) is 14.8 Å². The summed E-state index contributed by atoms with van der Waals surface area (Å²) in [6.07, 6.45) is 0. The minimum atomic E-state index is -3.97. The first-order chi connectivity index (χ1) is 9.51. The quantitative estimate of drug-likeness (QED) is 0.503. The topological polar surface area (TPSA) is 144 Å². The Morgan fingerprint density at radius 3 is 2.52 bits per heavy atom. The highest BCUT2D eigenvalue weighted by Crippen LogP contribution is 2.34. The molecule has 1 aromatic rings. The molecule has 0 aliphatic rings. The van der Waals surface area contributed by atoms with Crippen LogP contribution in [0.4, 0.5) is 10.7 Å². The number of rotatable bonds is 6. The number of thiophene rings is 1. The van der Waals surface area contributed by atoms with Crippen LogP contribution in [0.3, 0.4) is 0 Å². The van der Waals surface area contributed by atoms with E-state index in [9.17, 15) is 23.3 Å². The van der Waals surface area contributed by atoms with E-state index in [1.807, 2.05) is 0 Å². The van der Waals surface area contributed by atoms with E-state index in [0.29, 0.717) is 11.3 Å². The summed E-state index contributed by atoms with van der Waals surface area (Å²) in [6.45, 7) is 2.99. The number of hydrogen-bond acceptors (Lipinski definition) is 7. The Balaban J connectivity index is 2.95. The minimum Gasteiger partial charge on any atom is -0.385 e. The van der Waals surface area contributed by atoms with Gasteiger partial charge in [-0.2, -0.15) is 0 Å². The highest BCUT2D eigenvalue weighted by molar-refractivity contribution is 7.91. The van der Waals surface area contributed by atoms with Crippen LogP contribution < -0.4 is 15.8 Å². The van der Waals surface area contributed by atoms with Crippen molar-refractivity contribution in [1.82, 2.24) is 10.0 Å². The van der Waals surface area contributed by atoms with Crippen molar-refractivity contribution in [2.24, 2.45) is 5.41 Å². The molecule has 21 heavy (non-hydrogen) atoms. The molecule has 0 atom stereocenters. The fraction of sp³-hybridized carbons (Fsp3) is 0.500. The van der Waals surface area contributed by atoms with Crippen molar-refractivity contribution in [3.05, 3.63) is 16.2 Å². The van der Waals surface area contributed by atoms with Gasteiger partial charge in [-0.3, -0.25) is 14.9 Å². The second-order valence-corrected chi connectivity index (χ2v) is 7.94. The molecule has 118 valence electrons. The van der Waals surface area contributed by atoms with Crippen LogP contribution >= 0.6 is 11.3 Å². The fourth-order valence-electron chi connectivity index (χ4n) is 1.41. The van der Waals surface area contributed by atoms with Gasteiger partial charge >= 0.3 is 5.69 Å². The lowest BCUT2D eigenvalue weighted by Crippen LogP contribution is -2.43. The largest absolute Gasteiger partial charge is 0.385 e. The van der Waals surface area contributed by atoms with E-state index in [1.165, 1.54) is 7.05 Å². The molecule has 1 rings (SSSR count). The average Bonchev–Trinajstić information content (AvgIpc) is 2.78. The summed E-state index contributed by atoms with van der Waals surface area (Å²) < 4.78 is 26.1. The summed E-state index contributed by atoms with van der Waals surface area (Å²) in [5.74, 6) is -0.332. The molecule has 1 amide bonds. The number of carbonyl (C=O) groups is 1. The average molecular weight is 336 g/mol. The molecule has 0 spiro atoms. The molecule has 0 aliphatic heterocycles. The second-order valence-electron chi connectivity index (χ2n) is 4.86. The van der Waals surface area contributed by atoms with Crippen molar-refractivity contribution in [3.8, 4) is 0 Å². The van der Waals surface area contributed by atoms with Crippen LogP contribution in [0.15, 0.2) is 10.3 Å². The first-order valence-electron chi connectivity index (χ1n) is 5.77. The molecule has 0 saturated carbocycles. The van der Waals surface area contributed by atoms with Gasteiger partial charge in [-0.05, 0) is 13.8 Å². The Morgan fingerprint density at radius 1 is 1.52 bits per heavy atom. The number of carbonyl (C=O) groups excluding carboxylic acids is 1. The van der Waals surface area contributed by atoms with Gasteiger partial charge in [-0.25, -0.2) is 13.1 Å². The first-order valence-corrected chi connectivity index (χ1v) is 8.07.